The minimum atomic E-state index is 0.351. The number of para-hydroxylation sites is 1. The molecule has 78 valence electrons. The van der Waals surface area contributed by atoms with Gasteiger partial charge in [-0.2, -0.15) is 0 Å². The minimum Gasteiger partial charge on any atom is -0.361 e. The number of benzene rings is 1. The van der Waals surface area contributed by atoms with E-state index in [1.54, 1.807) is 0 Å². The maximum absolute atomic E-state index is 6.15. The molecule has 0 radical (unpaired) electrons. The van der Waals surface area contributed by atoms with Crippen molar-refractivity contribution in [2.45, 2.75) is 25.3 Å². The molecule has 1 aliphatic carbocycles. The van der Waals surface area contributed by atoms with Crippen molar-refractivity contribution in [3.8, 4) is 0 Å². The molecule has 2 nitrogen and oxygen atoms in total. The lowest BCUT2D eigenvalue weighted by Crippen LogP contribution is -2.24. The zero-order valence-electron chi connectivity index (χ0n) is 8.74. The molecule has 0 bridgehead atoms. The number of hydrogen-bond acceptors (Lipinski definition) is 1. The van der Waals surface area contributed by atoms with Crippen molar-refractivity contribution < 1.29 is 0 Å². The average Bonchev–Trinajstić information content (AvgIpc) is 3.03. The molecular formula is C13H16N2. The summed E-state index contributed by atoms with van der Waals surface area (Å²) in [5.41, 5.74) is 8.73. The molecular weight excluding hydrogens is 184 g/mol. The highest BCUT2D eigenvalue weighted by atomic mass is 14.7. The van der Waals surface area contributed by atoms with E-state index in [1.807, 2.05) is 0 Å². The first kappa shape index (κ1) is 8.98. The van der Waals surface area contributed by atoms with Crippen LogP contribution >= 0.6 is 0 Å². The quantitative estimate of drug-likeness (QED) is 0.785. The minimum absolute atomic E-state index is 0.351. The second-order valence-corrected chi connectivity index (χ2v) is 4.56. The van der Waals surface area contributed by atoms with E-state index in [2.05, 4.69) is 35.4 Å². The van der Waals surface area contributed by atoms with Crippen LogP contribution in [0, 0.1) is 5.92 Å². The molecule has 1 aromatic heterocycles. The van der Waals surface area contributed by atoms with E-state index in [0.717, 1.165) is 12.3 Å². The van der Waals surface area contributed by atoms with Gasteiger partial charge in [0.2, 0.25) is 0 Å². The van der Waals surface area contributed by atoms with Gasteiger partial charge in [-0.1, -0.05) is 18.2 Å². The zero-order valence-corrected chi connectivity index (χ0v) is 8.74. The van der Waals surface area contributed by atoms with E-state index in [4.69, 9.17) is 5.73 Å². The Hall–Kier alpha value is -1.28. The molecule has 0 saturated heterocycles. The van der Waals surface area contributed by atoms with Gasteiger partial charge in [-0.25, -0.2) is 0 Å². The summed E-state index contributed by atoms with van der Waals surface area (Å²) in [7, 11) is 0. The lowest BCUT2D eigenvalue weighted by atomic mass is 10.0. The van der Waals surface area contributed by atoms with Crippen LogP contribution in [0.25, 0.3) is 10.9 Å². The van der Waals surface area contributed by atoms with Crippen molar-refractivity contribution in [1.82, 2.24) is 4.98 Å². The van der Waals surface area contributed by atoms with E-state index in [-0.39, 0.29) is 0 Å². The summed E-state index contributed by atoms with van der Waals surface area (Å²) < 4.78 is 0. The van der Waals surface area contributed by atoms with E-state index in [1.165, 1.54) is 29.3 Å². The second-order valence-electron chi connectivity index (χ2n) is 4.56. The molecule has 0 spiro atoms. The van der Waals surface area contributed by atoms with Crippen LogP contribution in [0.5, 0.6) is 0 Å². The number of rotatable bonds is 3. The highest BCUT2D eigenvalue weighted by Gasteiger charge is 2.28. The largest absolute Gasteiger partial charge is 0.361 e. The second kappa shape index (κ2) is 3.38. The van der Waals surface area contributed by atoms with E-state index >= 15 is 0 Å². The maximum Gasteiger partial charge on any atom is 0.0456 e. The number of aromatic nitrogens is 1. The Kier molecular flexibility index (Phi) is 2.03. The standard InChI is InChI=1S/C13H16N2/c14-12(9-5-6-9)7-10-8-15-13-4-2-1-3-11(10)13/h1-4,8-9,12,15H,5-7,14H2. The van der Waals surface area contributed by atoms with Gasteiger partial charge in [-0.05, 0) is 36.8 Å². The predicted octanol–water partition coefficient (Wildman–Crippen LogP) is 2.45. The topological polar surface area (TPSA) is 41.8 Å². The van der Waals surface area contributed by atoms with Gasteiger partial charge in [0.1, 0.15) is 0 Å². The first-order valence-electron chi connectivity index (χ1n) is 5.65. The summed E-state index contributed by atoms with van der Waals surface area (Å²) in [6, 6.07) is 8.78. The Morgan fingerprint density at radius 2 is 2.13 bits per heavy atom. The molecule has 1 heterocycles. The first-order chi connectivity index (χ1) is 7.34. The third-order valence-electron chi connectivity index (χ3n) is 3.36. The van der Waals surface area contributed by atoms with Gasteiger partial charge in [-0.15, -0.1) is 0 Å². The van der Waals surface area contributed by atoms with E-state index < -0.39 is 0 Å². The molecule has 1 aliphatic rings. The van der Waals surface area contributed by atoms with Crippen LogP contribution < -0.4 is 5.73 Å². The van der Waals surface area contributed by atoms with E-state index in [0.29, 0.717) is 6.04 Å². The number of hydrogen-bond donors (Lipinski definition) is 2. The lowest BCUT2D eigenvalue weighted by Gasteiger charge is -2.08. The number of nitrogens with one attached hydrogen (secondary N) is 1. The normalized spacial score (nSPS) is 18.2. The van der Waals surface area contributed by atoms with Crippen molar-refractivity contribution in [3.05, 3.63) is 36.0 Å². The average molecular weight is 200 g/mol. The van der Waals surface area contributed by atoms with Gasteiger partial charge in [0.05, 0.1) is 0 Å². The van der Waals surface area contributed by atoms with Crippen LogP contribution in [0.2, 0.25) is 0 Å². The van der Waals surface area contributed by atoms with Crippen molar-refractivity contribution >= 4 is 10.9 Å². The summed E-state index contributed by atoms with van der Waals surface area (Å²) in [4.78, 5) is 3.30. The van der Waals surface area contributed by atoms with Crippen molar-refractivity contribution in [2.24, 2.45) is 11.7 Å². The maximum atomic E-state index is 6.15. The van der Waals surface area contributed by atoms with Gasteiger partial charge in [0, 0.05) is 23.1 Å². The summed E-state index contributed by atoms with van der Waals surface area (Å²) >= 11 is 0. The Bertz CT molecular complexity index is 468. The Morgan fingerprint density at radius 1 is 1.33 bits per heavy atom. The third-order valence-corrected chi connectivity index (χ3v) is 3.36. The van der Waals surface area contributed by atoms with Gasteiger partial charge >= 0.3 is 0 Å². The van der Waals surface area contributed by atoms with Crippen molar-refractivity contribution in [1.29, 1.82) is 0 Å². The molecule has 1 unspecified atom stereocenters. The van der Waals surface area contributed by atoms with Crippen LogP contribution in [0.15, 0.2) is 30.5 Å². The SMILES string of the molecule is NC(Cc1c[nH]c2ccccc12)C1CC1. The van der Waals surface area contributed by atoms with Gasteiger partial charge in [0.15, 0.2) is 0 Å². The number of H-pyrrole nitrogens is 1. The molecule has 1 aromatic carbocycles. The molecule has 15 heavy (non-hydrogen) atoms. The first-order valence-corrected chi connectivity index (χ1v) is 5.65. The van der Waals surface area contributed by atoms with Crippen LogP contribution in [0.4, 0.5) is 0 Å². The molecule has 3 N–H and O–H groups in total. The van der Waals surface area contributed by atoms with Crippen molar-refractivity contribution in [3.63, 3.8) is 0 Å². The van der Waals surface area contributed by atoms with E-state index in [9.17, 15) is 0 Å². The molecule has 1 saturated carbocycles. The van der Waals surface area contributed by atoms with Crippen LogP contribution in [-0.4, -0.2) is 11.0 Å². The highest BCUT2D eigenvalue weighted by Crippen LogP contribution is 2.33. The Morgan fingerprint density at radius 3 is 2.93 bits per heavy atom. The van der Waals surface area contributed by atoms with Gasteiger partial charge < -0.3 is 10.7 Å². The Labute approximate surface area is 89.5 Å². The molecule has 0 amide bonds. The highest BCUT2D eigenvalue weighted by molar-refractivity contribution is 5.83. The van der Waals surface area contributed by atoms with Crippen LogP contribution in [0.3, 0.4) is 0 Å². The lowest BCUT2D eigenvalue weighted by molar-refractivity contribution is 0.593. The van der Waals surface area contributed by atoms with Gasteiger partial charge in [0.25, 0.3) is 0 Å². The predicted molar refractivity (Wildman–Crippen MR) is 62.7 cm³/mol. The molecule has 2 aromatic rings. The molecule has 0 aliphatic heterocycles. The monoisotopic (exact) mass is 200 g/mol. The summed E-state index contributed by atoms with van der Waals surface area (Å²) in [6.45, 7) is 0. The molecule has 3 rings (SSSR count). The van der Waals surface area contributed by atoms with Crippen LogP contribution in [0.1, 0.15) is 18.4 Å². The fourth-order valence-corrected chi connectivity index (χ4v) is 2.25. The molecule has 1 fully saturated rings. The van der Waals surface area contributed by atoms with Crippen LogP contribution in [-0.2, 0) is 6.42 Å². The summed E-state index contributed by atoms with van der Waals surface area (Å²) in [6.07, 6.45) is 5.76. The number of nitrogens with two attached hydrogens (primary N) is 1. The number of aromatic amines is 1. The fraction of sp³-hybridized carbons (Fsp3) is 0.385. The number of fused-ring (bicyclic) bond motifs is 1. The summed E-state index contributed by atoms with van der Waals surface area (Å²) in [5, 5.41) is 1.33. The Balaban J connectivity index is 1.90. The smallest absolute Gasteiger partial charge is 0.0456 e. The fourth-order valence-electron chi connectivity index (χ4n) is 2.25. The van der Waals surface area contributed by atoms with Gasteiger partial charge in [-0.3, -0.25) is 0 Å². The molecule has 1 atom stereocenters. The summed E-state index contributed by atoms with van der Waals surface area (Å²) in [5.74, 6) is 0.777. The molecule has 2 heteroatoms. The third kappa shape index (κ3) is 1.65. The zero-order chi connectivity index (χ0) is 10.3. The van der Waals surface area contributed by atoms with Crippen molar-refractivity contribution in [2.75, 3.05) is 0 Å².